The smallest absolute Gasteiger partial charge is 0.243 e. The van der Waals surface area contributed by atoms with Crippen LogP contribution in [0, 0.1) is 18.6 Å². The van der Waals surface area contributed by atoms with Crippen LogP contribution in [-0.4, -0.2) is 61.3 Å². The van der Waals surface area contributed by atoms with E-state index in [1.54, 1.807) is 6.07 Å². The Balaban J connectivity index is 1.43. The number of hydrogen-bond acceptors (Lipinski definition) is 6. The molecular formula is C22H24F2N2O5S2. The molecule has 0 saturated carbocycles. The molecule has 0 spiro atoms. The molecular weight excluding hydrogens is 474 g/mol. The predicted molar refractivity (Wildman–Crippen MR) is 119 cm³/mol. The van der Waals surface area contributed by atoms with E-state index >= 15 is 0 Å². The Labute approximate surface area is 195 Å². The summed E-state index contributed by atoms with van der Waals surface area (Å²) < 4.78 is 52.9. The van der Waals surface area contributed by atoms with Gasteiger partial charge in [-0.2, -0.15) is 4.31 Å². The first-order valence-corrected chi connectivity index (χ1v) is 12.7. The number of ketones is 2. The van der Waals surface area contributed by atoms with Gasteiger partial charge in [0.05, 0.1) is 9.77 Å². The summed E-state index contributed by atoms with van der Waals surface area (Å²) in [5, 5.41) is 0. The van der Waals surface area contributed by atoms with E-state index in [-0.39, 0.29) is 74.2 Å². The van der Waals surface area contributed by atoms with E-state index in [4.69, 9.17) is 0 Å². The molecule has 0 bridgehead atoms. The molecule has 0 N–H and O–H groups in total. The molecule has 1 aromatic heterocycles. The second-order valence-corrected chi connectivity index (χ2v) is 11.0. The normalized spacial score (nSPS) is 14.9. The summed E-state index contributed by atoms with van der Waals surface area (Å²) in [5.41, 5.74) is 0. The maximum atomic E-state index is 13.4. The highest BCUT2D eigenvalue weighted by atomic mass is 32.2. The summed E-state index contributed by atoms with van der Waals surface area (Å²) in [6.45, 7) is 2.18. The zero-order chi connectivity index (χ0) is 24.2. The molecule has 33 heavy (non-hydrogen) atoms. The van der Waals surface area contributed by atoms with Gasteiger partial charge in [-0.25, -0.2) is 17.2 Å². The monoisotopic (exact) mass is 498 g/mol. The number of nitrogens with zero attached hydrogens (tertiary/aromatic N) is 2. The van der Waals surface area contributed by atoms with Gasteiger partial charge in [0.25, 0.3) is 0 Å². The average Bonchev–Trinajstić information content (AvgIpc) is 3.24. The minimum atomic E-state index is -4.01. The number of carbonyl (C=O) groups is 3. The van der Waals surface area contributed by atoms with Gasteiger partial charge in [0.2, 0.25) is 15.9 Å². The van der Waals surface area contributed by atoms with Gasteiger partial charge in [-0.15, -0.1) is 11.3 Å². The van der Waals surface area contributed by atoms with Crippen molar-refractivity contribution in [1.82, 2.24) is 9.21 Å². The van der Waals surface area contributed by atoms with Crippen molar-refractivity contribution in [2.75, 3.05) is 26.2 Å². The number of halogens is 2. The van der Waals surface area contributed by atoms with Crippen molar-refractivity contribution in [3.8, 4) is 0 Å². The molecule has 1 aliphatic rings. The first-order valence-electron chi connectivity index (χ1n) is 10.4. The molecule has 0 aliphatic carbocycles. The minimum Gasteiger partial charge on any atom is -0.340 e. The van der Waals surface area contributed by atoms with Crippen molar-refractivity contribution >= 4 is 38.8 Å². The lowest BCUT2D eigenvalue weighted by Gasteiger charge is -2.34. The molecule has 3 rings (SSSR count). The lowest BCUT2D eigenvalue weighted by Crippen LogP contribution is -2.50. The Hall–Kier alpha value is -2.50. The summed E-state index contributed by atoms with van der Waals surface area (Å²) in [5.74, 6) is -2.92. The van der Waals surface area contributed by atoms with E-state index in [2.05, 4.69) is 0 Å². The lowest BCUT2D eigenvalue weighted by molar-refractivity contribution is -0.134. The van der Waals surface area contributed by atoms with Gasteiger partial charge in [-0.05, 0) is 37.3 Å². The fraction of sp³-hybridized carbons (Fsp3) is 0.409. The largest absolute Gasteiger partial charge is 0.340 e. The van der Waals surface area contributed by atoms with Crippen LogP contribution in [0.5, 0.6) is 0 Å². The molecule has 0 radical (unpaired) electrons. The maximum Gasteiger partial charge on any atom is 0.243 e. The highest BCUT2D eigenvalue weighted by molar-refractivity contribution is 7.89. The number of amides is 1. The van der Waals surface area contributed by atoms with Crippen LogP contribution in [0.15, 0.2) is 35.2 Å². The van der Waals surface area contributed by atoms with Gasteiger partial charge in [-0.3, -0.25) is 14.4 Å². The highest BCUT2D eigenvalue weighted by Gasteiger charge is 2.30. The quantitative estimate of drug-likeness (QED) is 0.495. The molecule has 2 heterocycles. The van der Waals surface area contributed by atoms with Crippen LogP contribution < -0.4 is 0 Å². The third-order valence-corrected chi connectivity index (χ3v) is 8.32. The molecule has 178 valence electrons. The van der Waals surface area contributed by atoms with Crippen LogP contribution in [-0.2, 0) is 19.6 Å². The fourth-order valence-electron chi connectivity index (χ4n) is 3.45. The zero-order valence-electron chi connectivity index (χ0n) is 18.1. The fourth-order valence-corrected chi connectivity index (χ4v) is 5.72. The molecule has 1 aliphatic heterocycles. The van der Waals surface area contributed by atoms with Crippen molar-refractivity contribution in [2.24, 2.45) is 0 Å². The zero-order valence-corrected chi connectivity index (χ0v) is 19.7. The number of piperazine rings is 1. The number of thiophene rings is 1. The number of hydrogen-bond donors (Lipinski definition) is 0. The number of rotatable bonds is 9. The topological polar surface area (TPSA) is 91.8 Å². The molecule has 0 unspecified atom stereocenters. The molecule has 1 aromatic carbocycles. The van der Waals surface area contributed by atoms with Crippen LogP contribution in [0.25, 0.3) is 0 Å². The van der Waals surface area contributed by atoms with E-state index in [0.29, 0.717) is 10.9 Å². The van der Waals surface area contributed by atoms with E-state index in [0.717, 1.165) is 21.3 Å². The Morgan fingerprint density at radius 3 is 2.18 bits per heavy atom. The van der Waals surface area contributed by atoms with Gasteiger partial charge < -0.3 is 4.90 Å². The summed E-state index contributed by atoms with van der Waals surface area (Å²) in [4.78, 5) is 39.4. The van der Waals surface area contributed by atoms with Crippen LogP contribution >= 0.6 is 11.3 Å². The third-order valence-electron chi connectivity index (χ3n) is 5.38. The Kier molecular flexibility index (Phi) is 8.09. The number of benzene rings is 1. The van der Waals surface area contributed by atoms with Crippen molar-refractivity contribution in [1.29, 1.82) is 0 Å². The van der Waals surface area contributed by atoms with Crippen molar-refractivity contribution in [2.45, 2.75) is 37.5 Å². The highest BCUT2D eigenvalue weighted by Crippen LogP contribution is 2.21. The SMILES string of the molecule is Cc1ccc(C(=O)CCC(=O)CCC(=O)N2CCN(S(=O)(=O)c3ccc(F)c(F)c3)CC2)s1. The average molecular weight is 499 g/mol. The molecule has 1 fully saturated rings. The van der Waals surface area contributed by atoms with Gasteiger partial charge in [-0.1, -0.05) is 0 Å². The van der Waals surface area contributed by atoms with Crippen LogP contribution in [0.1, 0.15) is 40.2 Å². The van der Waals surface area contributed by atoms with Gasteiger partial charge in [0.1, 0.15) is 5.78 Å². The number of sulfonamides is 1. The first kappa shape index (κ1) is 25.1. The van der Waals surface area contributed by atoms with Crippen molar-refractivity contribution in [3.63, 3.8) is 0 Å². The molecule has 11 heteroatoms. The number of Topliss-reactive ketones (excluding diaryl/α,β-unsaturated/α-hetero) is 2. The first-order chi connectivity index (χ1) is 15.6. The molecule has 1 saturated heterocycles. The number of carbonyl (C=O) groups excluding carboxylic acids is 3. The van der Waals surface area contributed by atoms with Crippen molar-refractivity contribution in [3.05, 3.63) is 51.7 Å². The maximum absolute atomic E-state index is 13.4. The molecule has 0 atom stereocenters. The summed E-state index contributed by atoms with van der Waals surface area (Å²) >= 11 is 1.38. The Bertz CT molecular complexity index is 1160. The Morgan fingerprint density at radius 2 is 1.58 bits per heavy atom. The summed E-state index contributed by atoms with van der Waals surface area (Å²) in [6, 6.07) is 5.98. The summed E-state index contributed by atoms with van der Waals surface area (Å²) in [6.07, 6.45) is 0.181. The third kappa shape index (κ3) is 6.30. The van der Waals surface area contributed by atoms with Gasteiger partial charge in [0.15, 0.2) is 17.4 Å². The predicted octanol–water partition coefficient (Wildman–Crippen LogP) is 3.18. The van der Waals surface area contributed by atoms with E-state index in [1.165, 1.54) is 16.2 Å². The lowest BCUT2D eigenvalue weighted by atomic mass is 10.1. The van der Waals surface area contributed by atoms with Crippen LogP contribution in [0.3, 0.4) is 0 Å². The van der Waals surface area contributed by atoms with Gasteiger partial charge >= 0.3 is 0 Å². The minimum absolute atomic E-state index is 0.00967. The second kappa shape index (κ2) is 10.6. The molecule has 2 aromatic rings. The standard InChI is InChI=1S/C22H24F2N2O5S2/c1-15-2-8-21(32-15)20(28)7-3-16(27)4-9-22(29)25-10-12-26(13-11-25)33(30,31)17-5-6-18(23)19(24)14-17/h2,5-6,8,14H,3-4,7,9-13H2,1H3. The van der Waals surface area contributed by atoms with Crippen molar-refractivity contribution < 1.29 is 31.6 Å². The Morgan fingerprint density at radius 1 is 0.909 bits per heavy atom. The number of aryl methyl sites for hydroxylation is 1. The van der Waals surface area contributed by atoms with E-state index in [1.807, 2.05) is 13.0 Å². The van der Waals surface area contributed by atoms with E-state index in [9.17, 15) is 31.6 Å². The van der Waals surface area contributed by atoms with Crippen LogP contribution in [0.4, 0.5) is 8.78 Å². The molecule has 7 nitrogen and oxygen atoms in total. The summed E-state index contributed by atoms with van der Waals surface area (Å²) in [7, 11) is -4.01. The van der Waals surface area contributed by atoms with Gasteiger partial charge in [0, 0.05) is 56.7 Å². The molecule has 1 amide bonds. The second-order valence-electron chi connectivity index (χ2n) is 7.73. The van der Waals surface area contributed by atoms with Crippen LogP contribution in [0.2, 0.25) is 0 Å². The van der Waals surface area contributed by atoms with E-state index < -0.39 is 21.7 Å².